The fourth-order valence-electron chi connectivity index (χ4n) is 3.35. The van der Waals surface area contributed by atoms with Gasteiger partial charge in [-0.1, -0.05) is 12.1 Å². The molecule has 0 unspecified atom stereocenters. The summed E-state index contributed by atoms with van der Waals surface area (Å²) >= 11 is 0. The molecular weight excluding hydrogens is 366 g/mol. The Hall–Kier alpha value is -3.45. The number of aromatic nitrogens is 2. The van der Waals surface area contributed by atoms with Crippen molar-refractivity contribution in [2.75, 3.05) is 43.6 Å². The molecule has 4 rings (SSSR count). The van der Waals surface area contributed by atoms with E-state index < -0.39 is 0 Å². The van der Waals surface area contributed by atoms with E-state index in [4.69, 9.17) is 14.9 Å². The third-order valence-electron chi connectivity index (χ3n) is 4.88. The molecule has 0 bridgehead atoms. The van der Waals surface area contributed by atoms with Crippen molar-refractivity contribution in [3.63, 3.8) is 0 Å². The van der Waals surface area contributed by atoms with Crippen molar-refractivity contribution < 1.29 is 9.47 Å². The molecule has 3 heterocycles. The van der Waals surface area contributed by atoms with E-state index in [-0.39, 0.29) is 0 Å². The van der Waals surface area contributed by atoms with Crippen molar-refractivity contribution >= 4 is 23.4 Å². The Morgan fingerprint density at radius 3 is 2.79 bits per heavy atom. The SMILES string of the molecule is COc1ccncc1-c1ccc(C=N)c(Nc2ccnc(N3CCOCC3)c2)c1. The van der Waals surface area contributed by atoms with Crippen LogP contribution in [0.4, 0.5) is 17.2 Å². The van der Waals surface area contributed by atoms with E-state index in [1.165, 1.54) is 6.21 Å². The zero-order valence-corrected chi connectivity index (χ0v) is 16.3. The van der Waals surface area contributed by atoms with Gasteiger partial charge in [0.25, 0.3) is 0 Å². The van der Waals surface area contributed by atoms with E-state index in [0.29, 0.717) is 13.2 Å². The Balaban J connectivity index is 1.65. The lowest BCUT2D eigenvalue weighted by Gasteiger charge is -2.28. The van der Waals surface area contributed by atoms with Crippen molar-refractivity contribution in [2.24, 2.45) is 0 Å². The first-order chi connectivity index (χ1) is 14.3. The Bertz CT molecular complexity index is 1000. The largest absolute Gasteiger partial charge is 0.496 e. The molecular formula is C22H23N5O2. The first-order valence-electron chi connectivity index (χ1n) is 9.47. The number of ether oxygens (including phenoxy) is 2. The van der Waals surface area contributed by atoms with Crippen molar-refractivity contribution in [3.8, 4) is 16.9 Å². The molecule has 0 aliphatic carbocycles. The number of nitrogens with zero attached hydrogens (tertiary/aromatic N) is 3. The summed E-state index contributed by atoms with van der Waals surface area (Å²) in [4.78, 5) is 10.9. The highest BCUT2D eigenvalue weighted by Gasteiger charge is 2.13. The van der Waals surface area contributed by atoms with Gasteiger partial charge >= 0.3 is 0 Å². The van der Waals surface area contributed by atoms with Gasteiger partial charge in [-0.25, -0.2) is 4.98 Å². The summed E-state index contributed by atoms with van der Waals surface area (Å²) in [6, 6.07) is 11.7. The number of pyridine rings is 2. The van der Waals surface area contributed by atoms with Gasteiger partial charge in [-0.15, -0.1) is 0 Å². The number of benzene rings is 1. The second-order valence-electron chi connectivity index (χ2n) is 6.65. The predicted molar refractivity (Wildman–Crippen MR) is 115 cm³/mol. The van der Waals surface area contributed by atoms with Crippen LogP contribution in [0.15, 0.2) is 55.0 Å². The summed E-state index contributed by atoms with van der Waals surface area (Å²) in [6.45, 7) is 3.09. The minimum atomic E-state index is 0.715. The molecule has 1 aliphatic rings. The molecule has 29 heavy (non-hydrogen) atoms. The molecule has 0 radical (unpaired) electrons. The third kappa shape index (κ3) is 4.20. The van der Waals surface area contributed by atoms with Crippen molar-refractivity contribution in [1.82, 2.24) is 9.97 Å². The van der Waals surface area contributed by atoms with Crippen LogP contribution in [0.1, 0.15) is 5.56 Å². The van der Waals surface area contributed by atoms with Crippen LogP contribution in [0.5, 0.6) is 5.75 Å². The molecule has 1 aliphatic heterocycles. The third-order valence-corrected chi connectivity index (χ3v) is 4.88. The molecule has 3 aromatic rings. The van der Waals surface area contributed by atoms with E-state index in [1.807, 2.05) is 36.4 Å². The van der Waals surface area contributed by atoms with Crippen molar-refractivity contribution in [3.05, 3.63) is 60.6 Å². The van der Waals surface area contributed by atoms with E-state index in [0.717, 1.165) is 52.7 Å². The molecule has 0 amide bonds. The van der Waals surface area contributed by atoms with E-state index >= 15 is 0 Å². The average molecular weight is 389 g/mol. The smallest absolute Gasteiger partial charge is 0.130 e. The van der Waals surface area contributed by atoms with Gasteiger partial charge in [0.15, 0.2) is 0 Å². The lowest BCUT2D eigenvalue weighted by Crippen LogP contribution is -2.36. The molecule has 0 saturated carbocycles. The Kier molecular flexibility index (Phi) is 5.67. The van der Waals surface area contributed by atoms with Crippen LogP contribution < -0.4 is 15.0 Å². The summed E-state index contributed by atoms with van der Waals surface area (Å²) in [5.41, 5.74) is 4.41. The molecule has 7 nitrogen and oxygen atoms in total. The van der Waals surface area contributed by atoms with Gasteiger partial charge in [-0.2, -0.15) is 0 Å². The number of rotatable bonds is 6. The highest BCUT2D eigenvalue weighted by Crippen LogP contribution is 2.32. The zero-order valence-electron chi connectivity index (χ0n) is 16.3. The second kappa shape index (κ2) is 8.70. The number of hydrogen-bond donors (Lipinski definition) is 2. The highest BCUT2D eigenvalue weighted by molar-refractivity contribution is 5.90. The van der Waals surface area contributed by atoms with Crippen LogP contribution >= 0.6 is 0 Å². The average Bonchev–Trinajstić information content (AvgIpc) is 2.80. The van der Waals surface area contributed by atoms with Gasteiger partial charge in [0.05, 0.1) is 20.3 Å². The first kappa shape index (κ1) is 18.9. The maximum atomic E-state index is 7.77. The lowest BCUT2D eigenvalue weighted by atomic mass is 10.0. The monoisotopic (exact) mass is 389 g/mol. The van der Waals surface area contributed by atoms with Gasteiger partial charge in [0, 0.05) is 66.5 Å². The summed E-state index contributed by atoms with van der Waals surface area (Å²) in [5, 5.41) is 11.2. The van der Waals surface area contributed by atoms with Crippen LogP contribution in [-0.2, 0) is 4.74 Å². The van der Waals surface area contributed by atoms with E-state index in [9.17, 15) is 0 Å². The van der Waals surface area contributed by atoms with Crippen LogP contribution in [0.2, 0.25) is 0 Å². The summed E-state index contributed by atoms with van der Waals surface area (Å²) in [5.74, 6) is 1.67. The molecule has 1 aromatic carbocycles. The van der Waals surface area contributed by atoms with Crippen LogP contribution in [0.25, 0.3) is 11.1 Å². The minimum Gasteiger partial charge on any atom is -0.496 e. The summed E-state index contributed by atoms with van der Waals surface area (Å²) in [6.07, 6.45) is 6.63. The van der Waals surface area contributed by atoms with Gasteiger partial charge < -0.3 is 25.1 Å². The molecule has 2 aromatic heterocycles. The highest BCUT2D eigenvalue weighted by atomic mass is 16.5. The second-order valence-corrected chi connectivity index (χ2v) is 6.65. The fourth-order valence-corrected chi connectivity index (χ4v) is 3.35. The zero-order chi connectivity index (χ0) is 20.1. The van der Waals surface area contributed by atoms with E-state index in [1.54, 1.807) is 25.7 Å². The van der Waals surface area contributed by atoms with Gasteiger partial charge in [0.2, 0.25) is 0 Å². The summed E-state index contributed by atoms with van der Waals surface area (Å²) in [7, 11) is 1.65. The Morgan fingerprint density at radius 2 is 2.00 bits per heavy atom. The summed E-state index contributed by atoms with van der Waals surface area (Å²) < 4.78 is 10.9. The molecule has 1 fully saturated rings. The topological polar surface area (TPSA) is 83.4 Å². The Labute approximate surface area is 169 Å². The van der Waals surface area contributed by atoms with E-state index in [2.05, 4.69) is 20.2 Å². The molecule has 1 saturated heterocycles. The minimum absolute atomic E-state index is 0.715. The van der Waals surface area contributed by atoms with Gasteiger partial charge in [0.1, 0.15) is 11.6 Å². The maximum Gasteiger partial charge on any atom is 0.130 e. The number of anilines is 3. The lowest BCUT2D eigenvalue weighted by molar-refractivity contribution is 0.122. The molecule has 2 N–H and O–H groups in total. The quantitative estimate of drug-likeness (QED) is 0.625. The molecule has 0 spiro atoms. The van der Waals surface area contributed by atoms with Crippen LogP contribution in [0, 0.1) is 5.41 Å². The van der Waals surface area contributed by atoms with Crippen LogP contribution in [-0.4, -0.2) is 49.6 Å². The van der Waals surface area contributed by atoms with Crippen molar-refractivity contribution in [1.29, 1.82) is 5.41 Å². The number of morpholine rings is 1. The normalized spacial score (nSPS) is 13.8. The number of nitrogens with one attached hydrogen (secondary N) is 2. The molecule has 0 atom stereocenters. The molecule has 148 valence electrons. The fraction of sp³-hybridized carbons (Fsp3) is 0.227. The van der Waals surface area contributed by atoms with Crippen molar-refractivity contribution in [2.45, 2.75) is 0 Å². The maximum absolute atomic E-state index is 7.77. The Morgan fingerprint density at radius 1 is 1.14 bits per heavy atom. The van der Waals surface area contributed by atoms with Crippen LogP contribution in [0.3, 0.4) is 0 Å². The standard InChI is InChI=1S/C22H23N5O2/c1-28-21-5-6-24-15-19(21)16-2-3-17(14-23)20(12-16)26-18-4-7-25-22(13-18)27-8-10-29-11-9-27/h2-7,12-15,23H,8-11H2,1H3,(H,25,26). The number of hydrogen-bond acceptors (Lipinski definition) is 7. The number of methoxy groups -OCH3 is 1. The first-order valence-corrected chi connectivity index (χ1v) is 9.47. The van der Waals surface area contributed by atoms with Gasteiger partial charge in [-0.05, 0) is 23.8 Å². The van der Waals surface area contributed by atoms with Gasteiger partial charge in [-0.3, -0.25) is 4.98 Å². The predicted octanol–water partition coefficient (Wildman–Crippen LogP) is 3.73. The molecule has 7 heteroatoms.